The SMILES string of the molecule is C=C(C[C@@H](CCO[Si](C)(C)C(C)(C)C)c1ccccc1)C(C)(C)C. The van der Waals surface area contributed by atoms with Gasteiger partial charge in [-0.2, -0.15) is 0 Å². The fraction of sp³-hybridized carbons (Fsp3) is 0.636. The van der Waals surface area contributed by atoms with Gasteiger partial charge >= 0.3 is 0 Å². The third-order valence-electron chi connectivity index (χ3n) is 5.56. The van der Waals surface area contributed by atoms with Gasteiger partial charge in [0.1, 0.15) is 0 Å². The number of benzene rings is 1. The first-order chi connectivity index (χ1) is 10.8. The van der Waals surface area contributed by atoms with E-state index in [9.17, 15) is 0 Å². The van der Waals surface area contributed by atoms with E-state index in [1.807, 2.05) is 0 Å². The molecule has 0 radical (unpaired) electrons. The minimum Gasteiger partial charge on any atom is -0.417 e. The zero-order chi connectivity index (χ0) is 18.6. The number of hydrogen-bond donors (Lipinski definition) is 0. The van der Waals surface area contributed by atoms with E-state index in [0.717, 1.165) is 19.4 Å². The van der Waals surface area contributed by atoms with Crippen molar-refractivity contribution in [3.8, 4) is 0 Å². The number of hydrogen-bond acceptors (Lipinski definition) is 1. The predicted octanol–water partition coefficient (Wildman–Crippen LogP) is 7.17. The molecular formula is C22H38OSi. The fourth-order valence-electron chi connectivity index (χ4n) is 2.39. The summed E-state index contributed by atoms with van der Waals surface area (Å²) in [4.78, 5) is 0. The van der Waals surface area contributed by atoms with Crippen LogP contribution in [0.4, 0.5) is 0 Å². The monoisotopic (exact) mass is 346 g/mol. The highest BCUT2D eigenvalue weighted by molar-refractivity contribution is 6.74. The van der Waals surface area contributed by atoms with Gasteiger partial charge in [0.2, 0.25) is 0 Å². The van der Waals surface area contributed by atoms with E-state index in [-0.39, 0.29) is 10.5 Å². The molecule has 0 amide bonds. The largest absolute Gasteiger partial charge is 0.417 e. The highest BCUT2D eigenvalue weighted by Gasteiger charge is 2.37. The van der Waals surface area contributed by atoms with Crippen LogP contribution in [0.5, 0.6) is 0 Å². The minimum atomic E-state index is -1.67. The van der Waals surface area contributed by atoms with Gasteiger partial charge in [0, 0.05) is 6.61 Å². The Morgan fingerprint density at radius 3 is 2.04 bits per heavy atom. The second-order valence-corrected chi connectivity index (χ2v) is 14.4. The second-order valence-electron chi connectivity index (χ2n) is 9.56. The lowest BCUT2D eigenvalue weighted by Crippen LogP contribution is -2.41. The van der Waals surface area contributed by atoms with Gasteiger partial charge in [-0.15, -0.1) is 0 Å². The third kappa shape index (κ3) is 6.21. The summed E-state index contributed by atoms with van der Waals surface area (Å²) in [5, 5.41) is 0.268. The van der Waals surface area contributed by atoms with Crippen LogP contribution in [0.15, 0.2) is 42.5 Å². The van der Waals surface area contributed by atoms with Crippen LogP contribution < -0.4 is 0 Å². The van der Waals surface area contributed by atoms with Gasteiger partial charge in [-0.25, -0.2) is 0 Å². The molecule has 0 heterocycles. The van der Waals surface area contributed by atoms with E-state index >= 15 is 0 Å². The maximum absolute atomic E-state index is 6.42. The van der Waals surface area contributed by atoms with E-state index < -0.39 is 8.32 Å². The smallest absolute Gasteiger partial charge is 0.191 e. The first kappa shape index (κ1) is 21.2. The molecule has 1 aromatic rings. The summed E-state index contributed by atoms with van der Waals surface area (Å²) in [5.74, 6) is 0.489. The molecule has 0 aliphatic heterocycles. The molecule has 0 aliphatic carbocycles. The maximum atomic E-state index is 6.42. The van der Waals surface area contributed by atoms with Crippen molar-refractivity contribution < 1.29 is 4.43 Å². The van der Waals surface area contributed by atoms with Gasteiger partial charge in [0.25, 0.3) is 0 Å². The lowest BCUT2D eigenvalue weighted by Gasteiger charge is -2.36. The van der Waals surface area contributed by atoms with Crippen LogP contribution in [-0.2, 0) is 4.43 Å². The second kappa shape index (κ2) is 8.01. The number of rotatable bonds is 7. The van der Waals surface area contributed by atoms with E-state index in [4.69, 9.17) is 4.43 Å². The van der Waals surface area contributed by atoms with Crippen molar-refractivity contribution in [1.29, 1.82) is 0 Å². The molecule has 24 heavy (non-hydrogen) atoms. The summed E-state index contributed by atoms with van der Waals surface area (Å²) in [6, 6.07) is 10.8. The summed E-state index contributed by atoms with van der Waals surface area (Å²) in [6.45, 7) is 23.5. The molecule has 0 N–H and O–H groups in total. The Morgan fingerprint density at radius 2 is 1.58 bits per heavy atom. The van der Waals surface area contributed by atoms with E-state index in [0.29, 0.717) is 5.92 Å². The van der Waals surface area contributed by atoms with Crippen molar-refractivity contribution in [3.05, 3.63) is 48.0 Å². The molecule has 0 aromatic heterocycles. The van der Waals surface area contributed by atoms with E-state index in [2.05, 4.69) is 91.5 Å². The molecule has 2 heteroatoms. The molecular weight excluding hydrogens is 308 g/mol. The van der Waals surface area contributed by atoms with Gasteiger partial charge in [-0.05, 0) is 47.9 Å². The van der Waals surface area contributed by atoms with Crippen LogP contribution in [0.3, 0.4) is 0 Å². The van der Waals surface area contributed by atoms with Gasteiger partial charge in [-0.3, -0.25) is 0 Å². The molecule has 1 nitrogen and oxygen atoms in total. The quantitative estimate of drug-likeness (QED) is 0.375. The summed E-state index contributed by atoms with van der Waals surface area (Å²) in [6.07, 6.45) is 2.10. The summed E-state index contributed by atoms with van der Waals surface area (Å²) in [7, 11) is -1.67. The van der Waals surface area contributed by atoms with Crippen molar-refractivity contribution in [3.63, 3.8) is 0 Å². The lowest BCUT2D eigenvalue weighted by atomic mass is 9.79. The molecule has 0 unspecified atom stereocenters. The van der Waals surface area contributed by atoms with Crippen molar-refractivity contribution >= 4 is 8.32 Å². The molecule has 0 fully saturated rings. The van der Waals surface area contributed by atoms with Crippen LogP contribution in [0.25, 0.3) is 0 Å². The Morgan fingerprint density at radius 1 is 1.04 bits per heavy atom. The van der Waals surface area contributed by atoms with E-state index in [1.54, 1.807) is 0 Å². The Hall–Kier alpha value is -0.863. The van der Waals surface area contributed by atoms with Crippen LogP contribution in [0.2, 0.25) is 18.1 Å². The van der Waals surface area contributed by atoms with Crippen molar-refractivity contribution in [2.24, 2.45) is 5.41 Å². The normalized spacial score (nSPS) is 14.5. The molecule has 1 rings (SSSR count). The summed E-state index contributed by atoms with van der Waals surface area (Å²) >= 11 is 0. The third-order valence-corrected chi connectivity index (χ3v) is 10.1. The average Bonchev–Trinajstić information content (AvgIpc) is 2.44. The minimum absolute atomic E-state index is 0.160. The highest BCUT2D eigenvalue weighted by atomic mass is 28.4. The Bertz CT molecular complexity index is 517. The average molecular weight is 347 g/mol. The van der Waals surface area contributed by atoms with Gasteiger partial charge in [0.15, 0.2) is 8.32 Å². The molecule has 0 aliphatic rings. The van der Waals surface area contributed by atoms with Crippen LogP contribution in [0.1, 0.15) is 65.9 Å². The standard InChI is InChI=1S/C22H38OSi/c1-18(21(2,3)4)17-20(19-13-11-10-12-14-19)15-16-23-24(8,9)22(5,6)7/h10-14,20H,1,15-17H2,2-9H3/t20-/m1/s1. The van der Waals surface area contributed by atoms with Gasteiger partial charge < -0.3 is 4.43 Å². The first-order valence-corrected chi connectivity index (χ1v) is 12.1. The zero-order valence-corrected chi connectivity index (χ0v) is 18.2. The molecule has 0 saturated carbocycles. The Kier molecular flexibility index (Phi) is 7.07. The van der Waals surface area contributed by atoms with Crippen LogP contribution >= 0.6 is 0 Å². The highest BCUT2D eigenvalue weighted by Crippen LogP contribution is 2.38. The summed E-state index contributed by atoms with van der Waals surface area (Å²) < 4.78 is 6.42. The molecule has 1 aromatic carbocycles. The first-order valence-electron chi connectivity index (χ1n) is 9.22. The lowest BCUT2D eigenvalue weighted by molar-refractivity contribution is 0.269. The molecule has 0 spiro atoms. The van der Waals surface area contributed by atoms with Gasteiger partial charge in [0.05, 0.1) is 0 Å². The van der Waals surface area contributed by atoms with Crippen LogP contribution in [0, 0.1) is 5.41 Å². The maximum Gasteiger partial charge on any atom is 0.191 e. The number of allylic oxidation sites excluding steroid dienone is 1. The van der Waals surface area contributed by atoms with Crippen molar-refractivity contribution in [2.75, 3.05) is 6.61 Å². The van der Waals surface area contributed by atoms with Crippen molar-refractivity contribution in [1.82, 2.24) is 0 Å². The molecule has 0 saturated heterocycles. The Balaban J connectivity index is 2.79. The summed E-state index contributed by atoms with van der Waals surface area (Å²) in [5.41, 5.74) is 2.89. The molecule has 1 atom stereocenters. The van der Waals surface area contributed by atoms with Gasteiger partial charge in [-0.1, -0.05) is 84.0 Å². The van der Waals surface area contributed by atoms with Crippen molar-refractivity contribution in [2.45, 2.75) is 78.4 Å². The van der Waals surface area contributed by atoms with Crippen LogP contribution in [-0.4, -0.2) is 14.9 Å². The zero-order valence-electron chi connectivity index (χ0n) is 17.2. The molecule has 136 valence electrons. The van der Waals surface area contributed by atoms with E-state index in [1.165, 1.54) is 11.1 Å². The fourth-order valence-corrected chi connectivity index (χ4v) is 3.45. The predicted molar refractivity (Wildman–Crippen MR) is 110 cm³/mol. The topological polar surface area (TPSA) is 9.23 Å². The molecule has 0 bridgehead atoms. The Labute approximate surface area is 151 Å².